The minimum atomic E-state index is 0.242. The number of pyridine rings is 1. The number of hydrogen-bond donors (Lipinski definition) is 1. The van der Waals surface area contributed by atoms with E-state index < -0.39 is 0 Å². The van der Waals surface area contributed by atoms with Gasteiger partial charge in [0.05, 0.1) is 12.1 Å². The minimum absolute atomic E-state index is 0.242. The van der Waals surface area contributed by atoms with Crippen LogP contribution in [0, 0.1) is 0 Å². The summed E-state index contributed by atoms with van der Waals surface area (Å²) in [5.41, 5.74) is 1.26. The highest BCUT2D eigenvalue weighted by atomic mass is 16.5. The molecular formula is C16H20N2O. The molecule has 2 heterocycles. The number of benzene rings is 1. The fourth-order valence-electron chi connectivity index (χ4n) is 2.91. The van der Waals surface area contributed by atoms with Crippen molar-refractivity contribution in [2.24, 2.45) is 0 Å². The molecule has 0 bridgehead atoms. The summed E-state index contributed by atoms with van der Waals surface area (Å²) in [6.45, 7) is 3.96. The smallest absolute Gasteiger partial charge is 0.0771 e. The van der Waals surface area contributed by atoms with Crippen LogP contribution in [0.15, 0.2) is 36.7 Å². The summed E-state index contributed by atoms with van der Waals surface area (Å²) in [6.07, 6.45) is 6.47. The maximum absolute atomic E-state index is 5.88. The Morgan fingerprint density at radius 3 is 3.05 bits per heavy atom. The average Bonchev–Trinajstić information content (AvgIpc) is 2.98. The third kappa shape index (κ3) is 2.48. The number of fused-ring (bicyclic) bond motifs is 1. The first kappa shape index (κ1) is 12.6. The van der Waals surface area contributed by atoms with Crippen molar-refractivity contribution >= 4 is 10.8 Å². The average molecular weight is 256 g/mol. The van der Waals surface area contributed by atoms with Gasteiger partial charge in [-0.25, -0.2) is 0 Å². The van der Waals surface area contributed by atoms with Crippen molar-refractivity contribution in [2.75, 3.05) is 13.2 Å². The molecule has 1 N–H and O–H groups in total. The lowest BCUT2D eigenvalue weighted by molar-refractivity contribution is 0.0791. The molecule has 1 aliphatic heterocycles. The summed E-state index contributed by atoms with van der Waals surface area (Å²) >= 11 is 0. The molecule has 0 aliphatic carbocycles. The molecule has 19 heavy (non-hydrogen) atoms. The monoisotopic (exact) mass is 256 g/mol. The highest BCUT2D eigenvalue weighted by Gasteiger charge is 2.27. The molecule has 1 fully saturated rings. The van der Waals surface area contributed by atoms with E-state index in [0.717, 1.165) is 26.0 Å². The maximum Gasteiger partial charge on any atom is 0.0771 e. The molecular weight excluding hydrogens is 236 g/mol. The van der Waals surface area contributed by atoms with E-state index in [9.17, 15) is 0 Å². The number of rotatable bonds is 4. The molecule has 0 spiro atoms. The fraction of sp³-hybridized carbons (Fsp3) is 0.438. The summed E-state index contributed by atoms with van der Waals surface area (Å²) in [7, 11) is 0. The molecule has 3 nitrogen and oxygen atoms in total. The quantitative estimate of drug-likeness (QED) is 0.913. The van der Waals surface area contributed by atoms with Crippen LogP contribution in [0.1, 0.15) is 31.4 Å². The number of ether oxygens (including phenoxy) is 1. The van der Waals surface area contributed by atoms with Crippen LogP contribution in [0.3, 0.4) is 0 Å². The predicted octanol–water partition coefficient (Wildman–Crippen LogP) is 3.06. The van der Waals surface area contributed by atoms with Crippen molar-refractivity contribution in [3.8, 4) is 0 Å². The highest BCUT2D eigenvalue weighted by molar-refractivity contribution is 5.85. The summed E-state index contributed by atoms with van der Waals surface area (Å²) in [4.78, 5) is 4.39. The van der Waals surface area contributed by atoms with Crippen LogP contribution in [0.25, 0.3) is 10.8 Å². The van der Waals surface area contributed by atoms with Crippen LogP contribution < -0.4 is 5.32 Å². The van der Waals surface area contributed by atoms with Crippen LogP contribution >= 0.6 is 0 Å². The first-order valence-corrected chi connectivity index (χ1v) is 7.08. The Morgan fingerprint density at radius 1 is 1.37 bits per heavy atom. The van der Waals surface area contributed by atoms with E-state index in [0.29, 0.717) is 0 Å². The minimum Gasteiger partial charge on any atom is -0.376 e. The van der Waals surface area contributed by atoms with E-state index in [1.54, 1.807) is 0 Å². The second-order valence-corrected chi connectivity index (χ2v) is 5.04. The summed E-state index contributed by atoms with van der Waals surface area (Å²) in [6, 6.07) is 8.67. The van der Waals surface area contributed by atoms with Crippen molar-refractivity contribution in [3.05, 3.63) is 42.2 Å². The second-order valence-electron chi connectivity index (χ2n) is 5.04. The Labute approximate surface area is 114 Å². The van der Waals surface area contributed by atoms with E-state index in [4.69, 9.17) is 4.74 Å². The standard InChI is InChI=1S/C16H20N2O/c1-2-18-16(15-8-5-9-19-15)14-11-17-10-12-6-3-4-7-13(12)14/h3-4,6-7,10-11,15-16,18H,2,5,8-9H2,1H3. The lowest BCUT2D eigenvalue weighted by Crippen LogP contribution is -2.31. The SMILES string of the molecule is CCNC(c1cncc2ccccc12)C1CCCO1. The molecule has 100 valence electrons. The largest absolute Gasteiger partial charge is 0.376 e. The van der Waals surface area contributed by atoms with E-state index in [2.05, 4.69) is 41.5 Å². The first-order valence-electron chi connectivity index (χ1n) is 7.08. The van der Waals surface area contributed by atoms with Crippen molar-refractivity contribution in [2.45, 2.75) is 31.9 Å². The second kappa shape index (κ2) is 5.68. The van der Waals surface area contributed by atoms with E-state index >= 15 is 0 Å². The third-order valence-electron chi connectivity index (χ3n) is 3.79. The molecule has 2 atom stereocenters. The van der Waals surface area contributed by atoms with Gasteiger partial charge in [-0.1, -0.05) is 31.2 Å². The van der Waals surface area contributed by atoms with Crippen LogP contribution in [0.5, 0.6) is 0 Å². The Bertz CT molecular complexity index is 544. The number of nitrogens with one attached hydrogen (secondary N) is 1. The van der Waals surface area contributed by atoms with E-state index in [1.807, 2.05) is 12.4 Å². The number of aromatic nitrogens is 1. The van der Waals surface area contributed by atoms with Gasteiger partial charge in [-0.3, -0.25) is 4.98 Å². The molecule has 0 radical (unpaired) electrons. The zero-order chi connectivity index (χ0) is 13.1. The van der Waals surface area contributed by atoms with E-state index in [-0.39, 0.29) is 12.1 Å². The fourth-order valence-corrected chi connectivity index (χ4v) is 2.91. The summed E-state index contributed by atoms with van der Waals surface area (Å²) < 4.78 is 5.88. The molecule has 1 aromatic carbocycles. The van der Waals surface area contributed by atoms with Gasteiger partial charge in [0.25, 0.3) is 0 Å². The van der Waals surface area contributed by atoms with Gasteiger partial charge in [-0.05, 0) is 30.3 Å². The topological polar surface area (TPSA) is 34.2 Å². The first-order chi connectivity index (χ1) is 9.40. The maximum atomic E-state index is 5.88. The van der Waals surface area contributed by atoms with Crippen molar-refractivity contribution < 1.29 is 4.74 Å². The third-order valence-corrected chi connectivity index (χ3v) is 3.79. The Kier molecular flexibility index (Phi) is 3.76. The number of likely N-dealkylation sites (N-methyl/N-ethyl adjacent to an activating group) is 1. The van der Waals surface area contributed by atoms with Gasteiger partial charge in [0, 0.05) is 24.4 Å². The van der Waals surface area contributed by atoms with Gasteiger partial charge < -0.3 is 10.1 Å². The van der Waals surface area contributed by atoms with Gasteiger partial charge in [0.2, 0.25) is 0 Å². The van der Waals surface area contributed by atoms with Gasteiger partial charge in [-0.15, -0.1) is 0 Å². The molecule has 3 rings (SSSR count). The van der Waals surface area contributed by atoms with Gasteiger partial charge in [-0.2, -0.15) is 0 Å². The van der Waals surface area contributed by atoms with Crippen LogP contribution in [0.4, 0.5) is 0 Å². The summed E-state index contributed by atoms with van der Waals surface area (Å²) in [5, 5.41) is 6.04. The number of nitrogens with zero attached hydrogens (tertiary/aromatic N) is 1. The molecule has 0 amide bonds. The predicted molar refractivity (Wildman–Crippen MR) is 77.1 cm³/mol. The lowest BCUT2D eigenvalue weighted by Gasteiger charge is -2.25. The molecule has 2 unspecified atom stereocenters. The Balaban J connectivity index is 2.03. The lowest BCUT2D eigenvalue weighted by atomic mass is 9.96. The Morgan fingerprint density at radius 2 is 2.26 bits per heavy atom. The molecule has 2 aromatic rings. The van der Waals surface area contributed by atoms with Gasteiger partial charge >= 0.3 is 0 Å². The van der Waals surface area contributed by atoms with Gasteiger partial charge in [0.1, 0.15) is 0 Å². The summed E-state index contributed by atoms with van der Waals surface area (Å²) in [5.74, 6) is 0. The molecule has 1 saturated heterocycles. The zero-order valence-corrected chi connectivity index (χ0v) is 11.3. The molecule has 1 aromatic heterocycles. The molecule has 3 heteroatoms. The van der Waals surface area contributed by atoms with Crippen LogP contribution in [-0.4, -0.2) is 24.2 Å². The highest BCUT2D eigenvalue weighted by Crippen LogP contribution is 2.30. The van der Waals surface area contributed by atoms with E-state index in [1.165, 1.54) is 16.3 Å². The van der Waals surface area contributed by atoms with Gasteiger partial charge in [0.15, 0.2) is 0 Å². The molecule has 1 aliphatic rings. The van der Waals surface area contributed by atoms with Crippen molar-refractivity contribution in [1.82, 2.24) is 10.3 Å². The Hall–Kier alpha value is -1.45. The van der Waals surface area contributed by atoms with Crippen molar-refractivity contribution in [3.63, 3.8) is 0 Å². The zero-order valence-electron chi connectivity index (χ0n) is 11.3. The molecule has 0 saturated carbocycles. The van der Waals surface area contributed by atoms with Crippen LogP contribution in [-0.2, 0) is 4.74 Å². The normalized spacial score (nSPS) is 20.8. The van der Waals surface area contributed by atoms with Crippen LogP contribution in [0.2, 0.25) is 0 Å². The van der Waals surface area contributed by atoms with Crippen molar-refractivity contribution in [1.29, 1.82) is 0 Å². The number of hydrogen-bond acceptors (Lipinski definition) is 3.